The van der Waals surface area contributed by atoms with E-state index in [1.807, 2.05) is 24.1 Å². The van der Waals surface area contributed by atoms with Crippen molar-refractivity contribution < 1.29 is 18.7 Å². The first kappa shape index (κ1) is 18.6. The second-order valence-corrected chi connectivity index (χ2v) is 7.21. The lowest BCUT2D eigenvalue weighted by atomic mass is 9.74. The van der Waals surface area contributed by atoms with Crippen LogP contribution in [0.5, 0.6) is 11.5 Å². The molecule has 8 heteroatoms. The number of aliphatic imine (C=N–C) groups is 1. The lowest BCUT2D eigenvalue weighted by molar-refractivity contribution is 0.0511. The number of ether oxygens (including phenoxy) is 3. The van der Waals surface area contributed by atoms with Gasteiger partial charge in [-0.25, -0.2) is 0 Å². The van der Waals surface area contributed by atoms with E-state index in [2.05, 4.69) is 27.6 Å². The minimum Gasteiger partial charge on any atom is -0.454 e. The third kappa shape index (κ3) is 3.77. The summed E-state index contributed by atoms with van der Waals surface area (Å²) in [6.07, 6.45) is 3.45. The van der Waals surface area contributed by atoms with E-state index in [9.17, 15) is 0 Å². The van der Waals surface area contributed by atoms with Gasteiger partial charge in [-0.2, -0.15) is 0 Å². The number of nitrogens with one attached hydrogen (secondary N) is 1. The van der Waals surface area contributed by atoms with Gasteiger partial charge < -0.3 is 29.0 Å². The van der Waals surface area contributed by atoms with Gasteiger partial charge >= 0.3 is 0 Å². The molecule has 2 aliphatic rings. The molecular formula is C20H26N4O4. The fourth-order valence-electron chi connectivity index (χ4n) is 3.83. The van der Waals surface area contributed by atoms with Crippen molar-refractivity contribution in [2.45, 2.75) is 24.8 Å². The van der Waals surface area contributed by atoms with Gasteiger partial charge in [0.25, 0.3) is 0 Å². The monoisotopic (exact) mass is 386 g/mol. The third-order valence-electron chi connectivity index (χ3n) is 5.48. The van der Waals surface area contributed by atoms with Crippen molar-refractivity contribution >= 4 is 5.96 Å². The molecule has 8 nitrogen and oxygen atoms in total. The first-order valence-electron chi connectivity index (χ1n) is 9.49. The van der Waals surface area contributed by atoms with E-state index in [-0.39, 0.29) is 12.2 Å². The number of fused-ring (bicyclic) bond motifs is 1. The summed E-state index contributed by atoms with van der Waals surface area (Å²) in [4.78, 5) is 6.46. The molecule has 150 valence electrons. The van der Waals surface area contributed by atoms with Crippen LogP contribution in [0.3, 0.4) is 0 Å². The number of nitrogens with zero attached hydrogens (tertiary/aromatic N) is 3. The van der Waals surface area contributed by atoms with Crippen LogP contribution in [0.4, 0.5) is 0 Å². The normalized spacial score (nSPS) is 18.1. The average molecular weight is 386 g/mol. The van der Waals surface area contributed by atoms with Crippen molar-refractivity contribution in [1.82, 2.24) is 15.4 Å². The molecule has 1 aromatic carbocycles. The van der Waals surface area contributed by atoms with Gasteiger partial charge in [-0.3, -0.25) is 4.99 Å². The Morgan fingerprint density at radius 2 is 2.04 bits per heavy atom. The zero-order chi connectivity index (χ0) is 19.4. The Morgan fingerprint density at radius 3 is 2.79 bits per heavy atom. The van der Waals surface area contributed by atoms with Gasteiger partial charge in [0.05, 0.1) is 6.54 Å². The van der Waals surface area contributed by atoms with E-state index in [0.29, 0.717) is 6.54 Å². The summed E-state index contributed by atoms with van der Waals surface area (Å²) >= 11 is 0. The van der Waals surface area contributed by atoms with E-state index in [1.54, 1.807) is 13.3 Å². The molecule has 0 saturated carbocycles. The number of hydrogen-bond donors (Lipinski definition) is 1. The molecule has 28 heavy (non-hydrogen) atoms. The quantitative estimate of drug-likeness (QED) is 0.623. The topological polar surface area (TPSA) is 81.4 Å². The molecule has 3 heterocycles. The van der Waals surface area contributed by atoms with Gasteiger partial charge in [0.1, 0.15) is 12.0 Å². The maximum Gasteiger partial charge on any atom is 0.231 e. The van der Waals surface area contributed by atoms with Crippen LogP contribution in [0.1, 0.15) is 24.1 Å². The van der Waals surface area contributed by atoms with Crippen molar-refractivity contribution in [2.75, 3.05) is 40.6 Å². The highest BCUT2D eigenvalue weighted by atomic mass is 16.7. The zero-order valence-electron chi connectivity index (χ0n) is 16.3. The number of benzene rings is 1. The summed E-state index contributed by atoms with van der Waals surface area (Å²) in [5, 5.41) is 7.52. The number of guanidine groups is 1. The van der Waals surface area contributed by atoms with Crippen molar-refractivity contribution in [3.8, 4) is 11.5 Å². The summed E-state index contributed by atoms with van der Waals surface area (Å²) in [7, 11) is 3.78. The van der Waals surface area contributed by atoms with Gasteiger partial charge in [-0.15, -0.1) is 0 Å². The average Bonchev–Trinajstić information content (AvgIpc) is 3.40. The molecular weight excluding hydrogens is 360 g/mol. The molecule has 1 saturated heterocycles. The van der Waals surface area contributed by atoms with Crippen molar-refractivity contribution in [3.05, 3.63) is 41.8 Å². The molecule has 0 radical (unpaired) electrons. The molecule has 1 fully saturated rings. The fraction of sp³-hybridized carbons (Fsp3) is 0.500. The van der Waals surface area contributed by atoms with Gasteiger partial charge in [-0.05, 0) is 30.5 Å². The smallest absolute Gasteiger partial charge is 0.231 e. The summed E-state index contributed by atoms with van der Waals surface area (Å²) in [6.45, 7) is 3.14. The van der Waals surface area contributed by atoms with Gasteiger partial charge in [0.2, 0.25) is 6.79 Å². The Bertz CT molecular complexity index is 816. The molecule has 2 aromatic rings. The van der Waals surface area contributed by atoms with Crippen LogP contribution in [0, 0.1) is 0 Å². The Morgan fingerprint density at radius 1 is 1.21 bits per heavy atom. The number of aromatic nitrogens is 1. The predicted octanol–water partition coefficient (Wildman–Crippen LogP) is 2.16. The van der Waals surface area contributed by atoms with Crippen molar-refractivity contribution in [2.24, 2.45) is 4.99 Å². The minimum absolute atomic E-state index is 0.0517. The molecule has 0 atom stereocenters. The maximum atomic E-state index is 5.65. The molecule has 0 spiro atoms. The van der Waals surface area contributed by atoms with Crippen LogP contribution in [-0.2, 0) is 16.7 Å². The maximum absolute atomic E-state index is 5.65. The molecule has 1 aromatic heterocycles. The van der Waals surface area contributed by atoms with E-state index in [1.165, 1.54) is 5.56 Å². The summed E-state index contributed by atoms with van der Waals surface area (Å²) in [5.41, 5.74) is 2.05. The molecule has 0 unspecified atom stereocenters. The summed E-state index contributed by atoms with van der Waals surface area (Å²) in [5.74, 6) is 2.44. The van der Waals surface area contributed by atoms with Crippen LogP contribution in [0.2, 0.25) is 0 Å². The van der Waals surface area contributed by atoms with Crippen LogP contribution in [-0.4, -0.2) is 56.7 Å². The zero-order valence-corrected chi connectivity index (χ0v) is 16.3. The summed E-state index contributed by atoms with van der Waals surface area (Å²) in [6, 6.07) is 8.11. The Labute approximate surface area is 164 Å². The Hall–Kier alpha value is -2.74. The second-order valence-electron chi connectivity index (χ2n) is 7.21. The third-order valence-corrected chi connectivity index (χ3v) is 5.48. The molecule has 0 bridgehead atoms. The minimum atomic E-state index is -0.0517. The van der Waals surface area contributed by atoms with Crippen molar-refractivity contribution in [1.29, 1.82) is 0 Å². The van der Waals surface area contributed by atoms with E-state index < -0.39 is 0 Å². The lowest BCUT2D eigenvalue weighted by Crippen LogP contribution is -2.48. The number of rotatable bonds is 5. The fourth-order valence-corrected chi connectivity index (χ4v) is 3.83. The highest BCUT2D eigenvalue weighted by molar-refractivity contribution is 5.79. The van der Waals surface area contributed by atoms with Gasteiger partial charge in [-0.1, -0.05) is 11.2 Å². The molecule has 0 amide bonds. The van der Waals surface area contributed by atoms with E-state index in [4.69, 9.17) is 18.7 Å². The van der Waals surface area contributed by atoms with Gasteiger partial charge in [0, 0.05) is 45.3 Å². The largest absolute Gasteiger partial charge is 0.454 e. The second kappa shape index (κ2) is 8.10. The van der Waals surface area contributed by atoms with Gasteiger partial charge in [0.15, 0.2) is 17.5 Å². The first-order chi connectivity index (χ1) is 13.7. The SMILES string of the molecule is CN=C(NCC1(c2ccc3c(c2)OCO3)CCOCC1)N(C)Cc1ccon1. The Kier molecular flexibility index (Phi) is 5.38. The molecule has 2 aliphatic heterocycles. The molecule has 1 N–H and O–H groups in total. The van der Waals surface area contributed by atoms with Crippen LogP contribution in [0.15, 0.2) is 40.0 Å². The lowest BCUT2D eigenvalue weighted by Gasteiger charge is -2.39. The van der Waals surface area contributed by atoms with Crippen LogP contribution in [0.25, 0.3) is 0 Å². The van der Waals surface area contributed by atoms with Crippen molar-refractivity contribution in [3.63, 3.8) is 0 Å². The van der Waals surface area contributed by atoms with Crippen LogP contribution >= 0.6 is 0 Å². The van der Waals surface area contributed by atoms with E-state index in [0.717, 1.165) is 55.8 Å². The molecule has 4 rings (SSSR count). The standard InChI is InChI=1S/C20H26N4O4/c1-21-19(24(2)12-16-5-8-28-23-16)22-13-20(6-9-25-10-7-20)15-3-4-17-18(11-15)27-14-26-17/h3-5,8,11H,6-7,9-10,12-14H2,1-2H3,(H,21,22). The van der Waals surface area contributed by atoms with Crippen LogP contribution < -0.4 is 14.8 Å². The van der Waals surface area contributed by atoms with E-state index >= 15 is 0 Å². The number of hydrogen-bond acceptors (Lipinski definition) is 6. The molecule has 0 aliphatic carbocycles. The Balaban J connectivity index is 1.50. The highest BCUT2D eigenvalue weighted by Crippen LogP contribution is 2.40. The first-order valence-corrected chi connectivity index (χ1v) is 9.49. The highest BCUT2D eigenvalue weighted by Gasteiger charge is 2.36. The summed E-state index contributed by atoms with van der Waals surface area (Å²) < 4.78 is 21.6. The predicted molar refractivity (Wildman–Crippen MR) is 104 cm³/mol.